The molecule has 0 bridgehead atoms. The van der Waals surface area contributed by atoms with Crippen LogP contribution in [0.15, 0.2) is 17.8 Å². The van der Waals surface area contributed by atoms with Crippen LogP contribution in [0.3, 0.4) is 0 Å². The second-order valence-electron chi connectivity index (χ2n) is 1.40. The molecule has 0 aliphatic rings. The molecular weight excluding hydrogens is 110 g/mol. The van der Waals surface area contributed by atoms with E-state index < -0.39 is 0 Å². The fraction of sp³-hybridized carbons (Fsp3) is 0.625. The number of hydrogen-bond donors (Lipinski definition) is 0. The molecule has 9 heavy (non-hydrogen) atoms. The highest BCUT2D eigenvalue weighted by Gasteiger charge is 1.76. The van der Waals surface area contributed by atoms with Gasteiger partial charge < -0.3 is 0 Å². The van der Waals surface area contributed by atoms with Crippen molar-refractivity contribution in [1.82, 2.24) is 0 Å². The molecule has 0 N–H and O–H groups in total. The average Bonchev–Trinajstić information content (AvgIpc) is 1.93. The Morgan fingerprint density at radius 2 is 2.00 bits per heavy atom. The van der Waals surface area contributed by atoms with Gasteiger partial charge in [0.25, 0.3) is 0 Å². The smallest absolute Gasteiger partial charge is 0.0195 e. The Hall–Kier alpha value is -0.590. The van der Waals surface area contributed by atoms with Gasteiger partial charge in [-0.05, 0) is 13.3 Å². The first kappa shape index (κ1) is 11.2. The van der Waals surface area contributed by atoms with E-state index in [1.165, 1.54) is 0 Å². The van der Waals surface area contributed by atoms with Crippen LogP contribution in [0.4, 0.5) is 0 Å². The summed E-state index contributed by atoms with van der Waals surface area (Å²) in [7, 11) is 0. The molecule has 0 aliphatic carbocycles. The lowest BCUT2D eigenvalue weighted by Gasteiger charge is -1.85. The third-order valence-electron chi connectivity index (χ3n) is 0.823. The van der Waals surface area contributed by atoms with Crippen LogP contribution in [0.5, 0.6) is 0 Å². The van der Waals surface area contributed by atoms with Crippen molar-refractivity contribution in [2.45, 2.75) is 34.1 Å². The summed E-state index contributed by atoms with van der Waals surface area (Å²) in [6.45, 7) is 11.5. The maximum atomic E-state index is 3.92. The van der Waals surface area contributed by atoms with Gasteiger partial charge in [0.2, 0.25) is 0 Å². The molecule has 54 valence electrons. The van der Waals surface area contributed by atoms with Crippen LogP contribution >= 0.6 is 0 Å². The highest BCUT2D eigenvalue weighted by molar-refractivity contribution is 5.81. The Labute approximate surface area is 58.5 Å². The lowest BCUT2D eigenvalue weighted by atomic mass is 10.3. The summed E-state index contributed by atoms with van der Waals surface area (Å²) in [6.07, 6.45) is 2.59. The van der Waals surface area contributed by atoms with Crippen molar-refractivity contribution in [3.63, 3.8) is 0 Å². The molecule has 1 nitrogen and oxygen atoms in total. The first-order valence-electron chi connectivity index (χ1n) is 3.45. The van der Waals surface area contributed by atoms with E-state index in [9.17, 15) is 0 Å². The van der Waals surface area contributed by atoms with Crippen LogP contribution in [-0.4, -0.2) is 5.71 Å². The van der Waals surface area contributed by atoms with Crippen LogP contribution in [0.2, 0.25) is 0 Å². The molecule has 0 saturated carbocycles. The molecule has 0 amide bonds. The highest BCUT2D eigenvalue weighted by Crippen LogP contribution is 1.82. The van der Waals surface area contributed by atoms with Crippen LogP contribution < -0.4 is 0 Å². The fourth-order valence-electron chi connectivity index (χ4n) is 0.247. The largest absolute Gasteiger partial charge is 0.267 e. The number of rotatable bonds is 2. The van der Waals surface area contributed by atoms with Crippen molar-refractivity contribution in [2.24, 2.45) is 4.99 Å². The average molecular weight is 127 g/mol. The molecule has 1 heteroatoms. The zero-order valence-corrected chi connectivity index (χ0v) is 6.94. The Bertz CT molecular complexity index is 82.6. The van der Waals surface area contributed by atoms with Crippen LogP contribution in [0.1, 0.15) is 34.1 Å². The standard InChI is InChI=1S/C6H11N.C2H6/c1-4-6(3)7-5-2;1-2/h5H,2,4H2,1,3H3;1-2H3. The van der Waals surface area contributed by atoms with E-state index in [4.69, 9.17) is 0 Å². The molecule has 0 saturated heterocycles. The van der Waals surface area contributed by atoms with Gasteiger partial charge in [0, 0.05) is 11.9 Å². The Balaban J connectivity index is 0. The van der Waals surface area contributed by atoms with E-state index in [0.717, 1.165) is 12.1 Å². The predicted molar refractivity (Wildman–Crippen MR) is 44.9 cm³/mol. The lowest BCUT2D eigenvalue weighted by Crippen LogP contribution is -1.82. The van der Waals surface area contributed by atoms with Crippen LogP contribution in [0.25, 0.3) is 0 Å². The normalized spacial score (nSPS) is 9.56. The maximum Gasteiger partial charge on any atom is 0.0195 e. The summed E-state index contributed by atoms with van der Waals surface area (Å²) >= 11 is 0. The van der Waals surface area contributed by atoms with E-state index >= 15 is 0 Å². The molecule has 0 spiro atoms. The second-order valence-corrected chi connectivity index (χ2v) is 1.40. The molecule has 0 heterocycles. The summed E-state index contributed by atoms with van der Waals surface area (Å²) in [4.78, 5) is 3.92. The number of hydrogen-bond acceptors (Lipinski definition) is 1. The van der Waals surface area contributed by atoms with Gasteiger partial charge in [-0.25, -0.2) is 0 Å². The molecule has 0 fully saturated rings. The third-order valence-corrected chi connectivity index (χ3v) is 0.823. The molecule has 0 aromatic heterocycles. The van der Waals surface area contributed by atoms with Crippen molar-refractivity contribution in [1.29, 1.82) is 0 Å². The molecule has 0 unspecified atom stereocenters. The van der Waals surface area contributed by atoms with E-state index in [1.807, 2.05) is 20.8 Å². The molecule has 0 aliphatic heterocycles. The number of nitrogens with zero attached hydrogens (tertiary/aromatic N) is 1. The summed E-state index contributed by atoms with van der Waals surface area (Å²) in [6, 6.07) is 0. The van der Waals surface area contributed by atoms with Crippen LogP contribution in [-0.2, 0) is 0 Å². The monoisotopic (exact) mass is 127 g/mol. The minimum Gasteiger partial charge on any atom is -0.267 e. The van der Waals surface area contributed by atoms with Crippen molar-refractivity contribution < 1.29 is 0 Å². The molecule has 0 aromatic carbocycles. The minimum atomic E-state index is 1.02. The van der Waals surface area contributed by atoms with E-state index in [2.05, 4.69) is 18.5 Å². The highest BCUT2D eigenvalue weighted by atomic mass is 14.7. The van der Waals surface area contributed by atoms with E-state index in [0.29, 0.717) is 0 Å². The van der Waals surface area contributed by atoms with E-state index in [-0.39, 0.29) is 0 Å². The van der Waals surface area contributed by atoms with Crippen LogP contribution in [0, 0.1) is 0 Å². The van der Waals surface area contributed by atoms with Gasteiger partial charge in [-0.15, -0.1) is 0 Å². The molecular formula is C8H17N. The summed E-state index contributed by atoms with van der Waals surface area (Å²) in [5.74, 6) is 0. The fourth-order valence-corrected chi connectivity index (χ4v) is 0.247. The van der Waals surface area contributed by atoms with Gasteiger partial charge in [0.1, 0.15) is 0 Å². The maximum absolute atomic E-state index is 3.92. The summed E-state index contributed by atoms with van der Waals surface area (Å²) < 4.78 is 0. The van der Waals surface area contributed by atoms with Crippen molar-refractivity contribution in [2.75, 3.05) is 0 Å². The molecule has 0 rings (SSSR count). The Morgan fingerprint density at radius 1 is 1.56 bits per heavy atom. The second kappa shape index (κ2) is 10.4. The quantitative estimate of drug-likeness (QED) is 0.505. The van der Waals surface area contributed by atoms with Crippen molar-refractivity contribution in [3.8, 4) is 0 Å². The van der Waals surface area contributed by atoms with Gasteiger partial charge in [0.15, 0.2) is 0 Å². The zero-order valence-electron chi connectivity index (χ0n) is 6.94. The van der Waals surface area contributed by atoms with Gasteiger partial charge in [-0.2, -0.15) is 0 Å². The minimum absolute atomic E-state index is 1.02. The SMILES string of the molecule is C=CN=C(C)CC.CC. The van der Waals surface area contributed by atoms with Crippen molar-refractivity contribution in [3.05, 3.63) is 12.8 Å². The first-order chi connectivity index (χ1) is 4.31. The van der Waals surface area contributed by atoms with Gasteiger partial charge in [-0.1, -0.05) is 27.4 Å². The lowest BCUT2D eigenvalue weighted by molar-refractivity contribution is 1.25. The van der Waals surface area contributed by atoms with E-state index in [1.54, 1.807) is 6.20 Å². The molecule has 0 radical (unpaired) electrons. The Kier molecular flexibility index (Phi) is 13.0. The molecule has 0 atom stereocenters. The van der Waals surface area contributed by atoms with Gasteiger partial charge in [0.05, 0.1) is 0 Å². The number of aliphatic imine (C=N–C) groups is 1. The third kappa shape index (κ3) is 11.2. The Morgan fingerprint density at radius 3 is 2.11 bits per heavy atom. The summed E-state index contributed by atoms with van der Waals surface area (Å²) in [5, 5.41) is 0. The zero-order chi connectivity index (χ0) is 7.70. The molecule has 0 aromatic rings. The van der Waals surface area contributed by atoms with Crippen molar-refractivity contribution >= 4 is 5.71 Å². The topological polar surface area (TPSA) is 12.4 Å². The predicted octanol–water partition coefficient (Wildman–Crippen LogP) is 3.03. The summed E-state index contributed by atoms with van der Waals surface area (Å²) in [5.41, 5.74) is 1.13. The van der Waals surface area contributed by atoms with Gasteiger partial charge in [-0.3, -0.25) is 4.99 Å². The first-order valence-corrected chi connectivity index (χ1v) is 3.45. The van der Waals surface area contributed by atoms with Gasteiger partial charge >= 0.3 is 0 Å².